The van der Waals surface area contributed by atoms with E-state index in [1.54, 1.807) is 12.3 Å². The minimum absolute atomic E-state index is 0.328. The molecule has 5 nitrogen and oxygen atoms in total. The minimum atomic E-state index is 0.328. The fourth-order valence-corrected chi connectivity index (χ4v) is 1.66. The van der Waals surface area contributed by atoms with Crippen LogP contribution in [0.4, 0.5) is 5.95 Å². The zero-order valence-electron chi connectivity index (χ0n) is 8.93. The van der Waals surface area contributed by atoms with Gasteiger partial charge >= 0.3 is 0 Å². The third kappa shape index (κ3) is 3.15. The number of nitrogens with zero attached hydrogens (tertiary/aromatic N) is 2. The van der Waals surface area contributed by atoms with E-state index in [2.05, 4.69) is 31.3 Å². The van der Waals surface area contributed by atoms with Crippen molar-refractivity contribution in [3.05, 3.63) is 46.6 Å². The summed E-state index contributed by atoms with van der Waals surface area (Å²) in [4.78, 5) is 7.95. The van der Waals surface area contributed by atoms with Crippen molar-refractivity contribution >= 4 is 21.9 Å². The molecule has 0 atom stereocenters. The van der Waals surface area contributed by atoms with Crippen molar-refractivity contribution in [3.8, 4) is 5.88 Å². The first-order valence-corrected chi connectivity index (χ1v) is 5.75. The van der Waals surface area contributed by atoms with Gasteiger partial charge in [0.05, 0.1) is 0 Å². The van der Waals surface area contributed by atoms with E-state index in [1.165, 1.54) is 0 Å². The van der Waals surface area contributed by atoms with Crippen LogP contribution in [0.3, 0.4) is 0 Å². The van der Waals surface area contributed by atoms with Crippen molar-refractivity contribution in [2.75, 3.05) is 5.43 Å². The Morgan fingerprint density at radius 2 is 2.12 bits per heavy atom. The maximum atomic E-state index is 5.54. The van der Waals surface area contributed by atoms with Crippen LogP contribution in [0.2, 0.25) is 0 Å². The van der Waals surface area contributed by atoms with Gasteiger partial charge in [-0.1, -0.05) is 34.1 Å². The number of rotatable bonds is 4. The van der Waals surface area contributed by atoms with Gasteiger partial charge < -0.3 is 4.74 Å². The van der Waals surface area contributed by atoms with Crippen molar-refractivity contribution in [2.45, 2.75) is 6.61 Å². The largest absolute Gasteiger partial charge is 0.473 e. The number of nitrogens with one attached hydrogen (secondary N) is 1. The van der Waals surface area contributed by atoms with Crippen LogP contribution in [0.5, 0.6) is 5.88 Å². The van der Waals surface area contributed by atoms with Crippen LogP contribution < -0.4 is 16.0 Å². The van der Waals surface area contributed by atoms with Crippen molar-refractivity contribution in [2.24, 2.45) is 5.84 Å². The monoisotopic (exact) mass is 294 g/mol. The molecular formula is C11H11BrN4O. The summed E-state index contributed by atoms with van der Waals surface area (Å²) in [6, 6.07) is 9.53. The van der Waals surface area contributed by atoms with Gasteiger partial charge in [0.15, 0.2) is 0 Å². The molecule has 1 heterocycles. The maximum absolute atomic E-state index is 5.54. The Kier molecular flexibility index (Phi) is 3.89. The molecule has 0 aliphatic carbocycles. The highest BCUT2D eigenvalue weighted by molar-refractivity contribution is 9.10. The van der Waals surface area contributed by atoms with Gasteiger partial charge in [-0.15, -0.1) is 0 Å². The van der Waals surface area contributed by atoms with Gasteiger partial charge in [-0.3, -0.25) is 5.43 Å². The molecule has 0 saturated heterocycles. The van der Waals surface area contributed by atoms with E-state index in [9.17, 15) is 0 Å². The molecule has 0 aliphatic heterocycles. The van der Waals surface area contributed by atoms with E-state index >= 15 is 0 Å². The molecule has 0 bridgehead atoms. The van der Waals surface area contributed by atoms with Gasteiger partial charge in [0.25, 0.3) is 0 Å². The van der Waals surface area contributed by atoms with E-state index in [0.717, 1.165) is 10.0 Å². The Morgan fingerprint density at radius 3 is 2.88 bits per heavy atom. The lowest BCUT2D eigenvalue weighted by molar-refractivity contribution is 0.293. The van der Waals surface area contributed by atoms with Gasteiger partial charge in [-0.05, 0) is 6.07 Å². The molecule has 6 heteroatoms. The second-order valence-corrected chi connectivity index (χ2v) is 4.10. The predicted octanol–water partition coefficient (Wildman–Crippen LogP) is 2.10. The molecule has 1 aromatic carbocycles. The molecule has 3 N–H and O–H groups in total. The summed E-state index contributed by atoms with van der Waals surface area (Å²) in [6.07, 6.45) is 1.58. The van der Waals surface area contributed by atoms with Crippen LogP contribution in [-0.2, 0) is 6.61 Å². The maximum Gasteiger partial charge on any atom is 0.240 e. The lowest BCUT2D eigenvalue weighted by Crippen LogP contribution is -2.10. The molecular weight excluding hydrogens is 284 g/mol. The molecule has 0 amide bonds. The highest BCUT2D eigenvalue weighted by Gasteiger charge is 2.02. The number of hydrazine groups is 1. The van der Waals surface area contributed by atoms with E-state index in [-0.39, 0.29) is 0 Å². The zero-order valence-corrected chi connectivity index (χ0v) is 10.5. The first-order valence-electron chi connectivity index (χ1n) is 4.95. The first-order chi connectivity index (χ1) is 8.29. The number of anilines is 1. The summed E-state index contributed by atoms with van der Waals surface area (Å²) in [5.41, 5.74) is 3.41. The van der Waals surface area contributed by atoms with Gasteiger partial charge in [0.1, 0.15) is 6.61 Å². The summed E-state index contributed by atoms with van der Waals surface area (Å²) in [6.45, 7) is 0.433. The second kappa shape index (κ2) is 5.60. The molecule has 88 valence electrons. The molecule has 0 fully saturated rings. The molecule has 0 radical (unpaired) electrons. The van der Waals surface area contributed by atoms with Gasteiger partial charge in [-0.25, -0.2) is 10.8 Å². The Bertz CT molecular complexity index is 506. The van der Waals surface area contributed by atoms with Crippen LogP contribution in [0.1, 0.15) is 5.56 Å². The number of nitrogens with two attached hydrogens (primary N) is 1. The molecule has 2 rings (SSSR count). The third-order valence-electron chi connectivity index (χ3n) is 2.09. The van der Waals surface area contributed by atoms with Crippen LogP contribution in [0.25, 0.3) is 0 Å². The fourth-order valence-electron chi connectivity index (χ4n) is 1.26. The summed E-state index contributed by atoms with van der Waals surface area (Å²) in [7, 11) is 0. The van der Waals surface area contributed by atoms with Crippen molar-refractivity contribution in [1.29, 1.82) is 0 Å². The SMILES string of the molecule is NNc1nccc(OCc2ccccc2Br)n1. The number of halogens is 1. The standard InChI is InChI=1S/C11H11BrN4O/c12-9-4-2-1-3-8(9)7-17-10-5-6-14-11(15-10)16-13/h1-6H,7,13H2,(H,14,15,16). The number of ether oxygens (including phenoxy) is 1. The van der Waals surface area contributed by atoms with Crippen LogP contribution in [-0.4, -0.2) is 9.97 Å². The van der Waals surface area contributed by atoms with Crippen molar-refractivity contribution in [1.82, 2.24) is 9.97 Å². The second-order valence-electron chi connectivity index (χ2n) is 3.24. The molecule has 0 spiro atoms. The zero-order chi connectivity index (χ0) is 12.1. The average molecular weight is 295 g/mol. The smallest absolute Gasteiger partial charge is 0.240 e. The Balaban J connectivity index is 2.05. The third-order valence-corrected chi connectivity index (χ3v) is 2.87. The van der Waals surface area contributed by atoms with Gasteiger partial charge in [-0.2, -0.15) is 4.98 Å². The summed E-state index contributed by atoms with van der Waals surface area (Å²) in [5.74, 6) is 6.02. The van der Waals surface area contributed by atoms with Crippen LogP contribution in [0.15, 0.2) is 41.0 Å². The first kappa shape index (κ1) is 11.8. The number of benzene rings is 1. The van der Waals surface area contributed by atoms with E-state index in [0.29, 0.717) is 18.4 Å². The number of aromatic nitrogens is 2. The lowest BCUT2D eigenvalue weighted by Gasteiger charge is -2.07. The van der Waals surface area contributed by atoms with Crippen LogP contribution >= 0.6 is 15.9 Å². The molecule has 0 aliphatic rings. The molecule has 0 saturated carbocycles. The minimum Gasteiger partial charge on any atom is -0.473 e. The van der Waals surface area contributed by atoms with E-state index in [4.69, 9.17) is 10.6 Å². The van der Waals surface area contributed by atoms with Crippen LogP contribution in [0, 0.1) is 0 Å². The topological polar surface area (TPSA) is 73.1 Å². The summed E-state index contributed by atoms with van der Waals surface area (Å²) < 4.78 is 6.54. The Hall–Kier alpha value is -1.66. The quantitative estimate of drug-likeness (QED) is 0.667. The molecule has 1 aromatic heterocycles. The van der Waals surface area contributed by atoms with Crippen molar-refractivity contribution < 1.29 is 4.74 Å². The number of hydrogen-bond acceptors (Lipinski definition) is 5. The molecule has 2 aromatic rings. The van der Waals surface area contributed by atoms with E-state index in [1.807, 2.05) is 24.3 Å². The highest BCUT2D eigenvalue weighted by atomic mass is 79.9. The van der Waals surface area contributed by atoms with Crippen molar-refractivity contribution in [3.63, 3.8) is 0 Å². The Labute approximate surface area is 107 Å². The number of nitrogen functional groups attached to an aromatic ring is 1. The Morgan fingerprint density at radius 1 is 1.29 bits per heavy atom. The summed E-state index contributed by atoms with van der Waals surface area (Å²) >= 11 is 3.45. The number of hydrogen-bond donors (Lipinski definition) is 2. The van der Waals surface area contributed by atoms with Gasteiger partial charge in [0, 0.05) is 22.3 Å². The normalized spacial score (nSPS) is 10.0. The predicted molar refractivity (Wildman–Crippen MR) is 68.3 cm³/mol. The fraction of sp³-hybridized carbons (Fsp3) is 0.0909. The van der Waals surface area contributed by atoms with E-state index < -0.39 is 0 Å². The lowest BCUT2D eigenvalue weighted by atomic mass is 10.2. The van der Waals surface area contributed by atoms with Gasteiger partial charge in [0.2, 0.25) is 11.8 Å². The molecule has 0 unspecified atom stereocenters. The average Bonchev–Trinajstić information content (AvgIpc) is 2.38. The highest BCUT2D eigenvalue weighted by Crippen LogP contribution is 2.18. The molecule has 17 heavy (non-hydrogen) atoms. The summed E-state index contributed by atoms with van der Waals surface area (Å²) in [5, 5.41) is 0.